The fourth-order valence-corrected chi connectivity index (χ4v) is 2.84. The van der Waals surface area contributed by atoms with Crippen molar-refractivity contribution in [3.05, 3.63) is 87.2 Å². The van der Waals surface area contributed by atoms with E-state index in [1.165, 1.54) is 16.3 Å². The summed E-state index contributed by atoms with van der Waals surface area (Å²) in [6, 6.07) is 17.7. The van der Waals surface area contributed by atoms with E-state index >= 15 is 0 Å². The normalized spacial score (nSPS) is 10.9. The van der Waals surface area contributed by atoms with Gasteiger partial charge in [0.05, 0.1) is 5.69 Å². The number of carbonyl (C=O) groups is 1. The van der Waals surface area contributed by atoms with Crippen LogP contribution in [0.5, 0.6) is 0 Å². The second kappa shape index (κ2) is 7.67. The summed E-state index contributed by atoms with van der Waals surface area (Å²) in [7, 11) is 0. The average Bonchev–Trinajstić information content (AvgIpc) is 2.63. The predicted molar refractivity (Wildman–Crippen MR) is 104 cm³/mol. The Balaban J connectivity index is 1.86. The van der Waals surface area contributed by atoms with E-state index in [1.807, 2.05) is 24.3 Å². The van der Waals surface area contributed by atoms with Gasteiger partial charge in [0, 0.05) is 22.2 Å². The molecule has 0 unspecified atom stereocenters. The average molecular weight is 367 g/mol. The van der Waals surface area contributed by atoms with Crippen molar-refractivity contribution < 1.29 is 4.79 Å². The van der Waals surface area contributed by atoms with E-state index < -0.39 is 0 Å². The van der Waals surface area contributed by atoms with Crippen LogP contribution in [0.25, 0.3) is 11.3 Å². The van der Waals surface area contributed by atoms with E-state index in [9.17, 15) is 9.59 Å². The van der Waals surface area contributed by atoms with E-state index in [0.717, 1.165) is 5.56 Å². The summed E-state index contributed by atoms with van der Waals surface area (Å²) in [4.78, 5) is 24.6. The third-order valence-corrected chi connectivity index (χ3v) is 4.41. The number of rotatable bonds is 5. The summed E-state index contributed by atoms with van der Waals surface area (Å²) in [5.74, 6) is 0.246. The molecule has 0 spiro atoms. The molecule has 1 aromatic heterocycles. The second-order valence-corrected chi connectivity index (χ2v) is 6.86. The number of nitrogens with zero attached hydrogens (tertiary/aromatic N) is 2. The molecule has 0 amide bonds. The molecule has 0 aliphatic heterocycles. The van der Waals surface area contributed by atoms with Crippen LogP contribution in [0.4, 0.5) is 0 Å². The molecule has 0 fully saturated rings. The Hall–Kier alpha value is -2.72. The molecule has 0 radical (unpaired) electrons. The first kappa shape index (κ1) is 18.1. The number of benzene rings is 2. The molecule has 0 bridgehead atoms. The van der Waals surface area contributed by atoms with Gasteiger partial charge in [-0.05, 0) is 29.7 Å². The molecule has 3 rings (SSSR count). The van der Waals surface area contributed by atoms with Crippen LogP contribution in [-0.4, -0.2) is 15.6 Å². The van der Waals surface area contributed by atoms with Gasteiger partial charge < -0.3 is 0 Å². The number of hydrogen-bond donors (Lipinski definition) is 0. The Morgan fingerprint density at radius 1 is 1.08 bits per heavy atom. The van der Waals surface area contributed by atoms with Crippen molar-refractivity contribution in [2.24, 2.45) is 0 Å². The lowest BCUT2D eigenvalue weighted by Crippen LogP contribution is -2.26. The van der Waals surface area contributed by atoms with Gasteiger partial charge in [-0.2, -0.15) is 5.10 Å². The van der Waals surface area contributed by atoms with Gasteiger partial charge in [-0.3, -0.25) is 9.59 Å². The Kier molecular flexibility index (Phi) is 5.33. The van der Waals surface area contributed by atoms with Crippen LogP contribution in [0.3, 0.4) is 0 Å². The Morgan fingerprint density at radius 3 is 2.46 bits per heavy atom. The maximum absolute atomic E-state index is 12.5. The number of hydrogen-bond acceptors (Lipinski definition) is 3. The Labute approximate surface area is 157 Å². The molecule has 5 heteroatoms. The molecule has 1 heterocycles. The van der Waals surface area contributed by atoms with Crippen LogP contribution in [0, 0.1) is 0 Å². The lowest BCUT2D eigenvalue weighted by molar-refractivity contribution is 0.0966. The molecule has 0 N–H and O–H groups in total. The summed E-state index contributed by atoms with van der Waals surface area (Å²) in [6.07, 6.45) is 0. The first-order chi connectivity index (χ1) is 12.4. The van der Waals surface area contributed by atoms with E-state index in [2.05, 4.69) is 18.9 Å². The van der Waals surface area contributed by atoms with E-state index in [-0.39, 0.29) is 17.9 Å². The quantitative estimate of drug-likeness (QED) is 0.621. The highest BCUT2D eigenvalue weighted by Gasteiger charge is 2.11. The van der Waals surface area contributed by atoms with Crippen molar-refractivity contribution in [1.29, 1.82) is 0 Å². The van der Waals surface area contributed by atoms with Crippen LogP contribution < -0.4 is 5.56 Å². The molecule has 0 saturated heterocycles. The molecule has 132 valence electrons. The third kappa shape index (κ3) is 4.09. The van der Waals surface area contributed by atoms with Crippen molar-refractivity contribution >= 4 is 17.4 Å². The van der Waals surface area contributed by atoms with Gasteiger partial charge in [0.25, 0.3) is 5.56 Å². The molecule has 3 aromatic rings. The molecule has 0 atom stereocenters. The number of halogens is 1. The molecule has 2 aromatic carbocycles. The minimum absolute atomic E-state index is 0.103. The number of Topliss-reactive ketones (excluding diaryl/α,β-unsaturated/α-hetero) is 1. The van der Waals surface area contributed by atoms with Crippen LogP contribution in [0.15, 0.2) is 65.5 Å². The zero-order valence-corrected chi connectivity index (χ0v) is 15.4. The predicted octanol–water partition coefficient (Wildman–Crippen LogP) is 4.57. The summed E-state index contributed by atoms with van der Waals surface area (Å²) < 4.78 is 1.19. The van der Waals surface area contributed by atoms with Gasteiger partial charge in [-0.1, -0.05) is 61.8 Å². The Bertz CT molecular complexity index is 991. The van der Waals surface area contributed by atoms with Gasteiger partial charge in [-0.15, -0.1) is 0 Å². The van der Waals surface area contributed by atoms with Gasteiger partial charge in [0.15, 0.2) is 5.78 Å². The van der Waals surface area contributed by atoms with E-state index in [0.29, 0.717) is 22.2 Å². The lowest BCUT2D eigenvalue weighted by atomic mass is 10.0. The van der Waals surface area contributed by atoms with Crippen molar-refractivity contribution in [3.8, 4) is 11.3 Å². The first-order valence-electron chi connectivity index (χ1n) is 8.41. The van der Waals surface area contributed by atoms with Crippen LogP contribution in [0.1, 0.15) is 35.7 Å². The molecule has 0 aliphatic carbocycles. The number of aromatic nitrogens is 2. The summed E-state index contributed by atoms with van der Waals surface area (Å²) in [5, 5.41) is 4.91. The van der Waals surface area contributed by atoms with Crippen molar-refractivity contribution in [2.75, 3.05) is 0 Å². The molecular weight excluding hydrogens is 348 g/mol. The first-order valence-corrected chi connectivity index (χ1v) is 8.79. The lowest BCUT2D eigenvalue weighted by Gasteiger charge is -2.09. The smallest absolute Gasteiger partial charge is 0.267 e. The molecule has 0 saturated carbocycles. The van der Waals surface area contributed by atoms with Crippen molar-refractivity contribution in [3.63, 3.8) is 0 Å². The second-order valence-electron chi connectivity index (χ2n) is 6.42. The number of ketones is 1. The highest BCUT2D eigenvalue weighted by Crippen LogP contribution is 2.20. The summed E-state index contributed by atoms with van der Waals surface area (Å²) in [6.45, 7) is 4.09. The molecule has 0 aliphatic rings. The summed E-state index contributed by atoms with van der Waals surface area (Å²) in [5.41, 5.74) is 2.80. The van der Waals surface area contributed by atoms with Crippen LogP contribution >= 0.6 is 11.6 Å². The van der Waals surface area contributed by atoms with Crippen molar-refractivity contribution in [1.82, 2.24) is 9.78 Å². The van der Waals surface area contributed by atoms with E-state index in [4.69, 9.17) is 11.6 Å². The minimum atomic E-state index is -0.317. The Morgan fingerprint density at radius 2 is 1.81 bits per heavy atom. The number of carbonyl (C=O) groups excluding carboxylic acids is 1. The monoisotopic (exact) mass is 366 g/mol. The molecular formula is C21H19ClN2O2. The SMILES string of the molecule is CC(C)c1ccc(C(=O)Cn2nc(-c3cccc(Cl)c3)ccc2=O)cc1. The van der Waals surface area contributed by atoms with Gasteiger partial charge in [-0.25, -0.2) is 4.68 Å². The fourth-order valence-electron chi connectivity index (χ4n) is 2.65. The highest BCUT2D eigenvalue weighted by atomic mass is 35.5. The largest absolute Gasteiger partial charge is 0.292 e. The van der Waals surface area contributed by atoms with Crippen LogP contribution in [-0.2, 0) is 6.54 Å². The topological polar surface area (TPSA) is 52.0 Å². The third-order valence-electron chi connectivity index (χ3n) is 4.18. The maximum atomic E-state index is 12.5. The van der Waals surface area contributed by atoms with Crippen molar-refractivity contribution in [2.45, 2.75) is 26.3 Å². The van der Waals surface area contributed by atoms with E-state index in [1.54, 1.807) is 30.3 Å². The van der Waals surface area contributed by atoms with Gasteiger partial charge in [0.2, 0.25) is 0 Å². The highest BCUT2D eigenvalue weighted by molar-refractivity contribution is 6.30. The fraction of sp³-hybridized carbons (Fsp3) is 0.190. The zero-order valence-electron chi connectivity index (χ0n) is 14.6. The maximum Gasteiger partial charge on any atom is 0.267 e. The molecule has 4 nitrogen and oxygen atoms in total. The van der Waals surface area contributed by atoms with Crippen LogP contribution in [0.2, 0.25) is 5.02 Å². The zero-order chi connectivity index (χ0) is 18.7. The van der Waals surface area contributed by atoms with Gasteiger partial charge >= 0.3 is 0 Å². The minimum Gasteiger partial charge on any atom is -0.292 e. The van der Waals surface area contributed by atoms with Gasteiger partial charge in [0.1, 0.15) is 6.54 Å². The standard InChI is InChI=1S/C21H19ClN2O2/c1-14(2)15-6-8-16(9-7-15)20(25)13-24-21(26)11-10-19(23-24)17-4-3-5-18(22)12-17/h3-12,14H,13H2,1-2H3. The molecule has 26 heavy (non-hydrogen) atoms. The summed E-state index contributed by atoms with van der Waals surface area (Å²) >= 11 is 6.01.